The van der Waals surface area contributed by atoms with Crippen molar-refractivity contribution < 1.29 is 4.74 Å². The van der Waals surface area contributed by atoms with Crippen molar-refractivity contribution in [2.24, 2.45) is 0 Å². The zero-order valence-corrected chi connectivity index (χ0v) is 10.3. The van der Waals surface area contributed by atoms with E-state index < -0.39 is 0 Å². The molecule has 0 spiro atoms. The minimum atomic E-state index is 0.427. The highest BCUT2D eigenvalue weighted by atomic mass is 16.5. The Morgan fingerprint density at radius 1 is 0.867 bits per heavy atom. The lowest BCUT2D eigenvalue weighted by Crippen LogP contribution is -1.95. The van der Waals surface area contributed by atoms with E-state index in [9.17, 15) is 0 Å². The van der Waals surface area contributed by atoms with Gasteiger partial charge in [-0.15, -0.1) is 0 Å². The normalized spacial score (nSPS) is 24.5. The lowest BCUT2D eigenvalue weighted by Gasteiger charge is -2.09. The minimum Gasteiger partial charge on any atom is -0.366 e. The Morgan fingerprint density at radius 2 is 1.27 bits per heavy atom. The molecule has 1 fully saturated rings. The first-order valence-electron chi connectivity index (χ1n) is 6.19. The first kappa shape index (κ1) is 12.3. The molecule has 1 nitrogen and oxygen atoms in total. The average molecular weight is 206 g/mol. The molecule has 1 unspecified atom stereocenters. The van der Waals surface area contributed by atoms with Crippen molar-refractivity contribution in [3.05, 3.63) is 35.4 Å². The van der Waals surface area contributed by atoms with Crippen LogP contribution >= 0.6 is 0 Å². The van der Waals surface area contributed by atoms with Crippen LogP contribution in [0.2, 0.25) is 0 Å². The van der Waals surface area contributed by atoms with Gasteiger partial charge in [0.1, 0.15) is 0 Å². The van der Waals surface area contributed by atoms with Gasteiger partial charge >= 0.3 is 0 Å². The van der Waals surface area contributed by atoms with E-state index in [0.717, 1.165) is 0 Å². The summed E-state index contributed by atoms with van der Waals surface area (Å²) < 4.78 is 5.74. The van der Waals surface area contributed by atoms with Gasteiger partial charge in [-0.1, -0.05) is 52.0 Å². The van der Waals surface area contributed by atoms with Crippen molar-refractivity contribution in [1.82, 2.24) is 0 Å². The molecule has 3 rings (SSSR count). The maximum absolute atomic E-state index is 5.74. The molecule has 2 atom stereocenters. The van der Waals surface area contributed by atoms with Crippen LogP contribution in [-0.2, 0) is 4.74 Å². The zero-order valence-electron chi connectivity index (χ0n) is 10.3. The van der Waals surface area contributed by atoms with Crippen LogP contribution in [-0.4, -0.2) is 0 Å². The van der Waals surface area contributed by atoms with E-state index in [-0.39, 0.29) is 0 Å². The number of benzene rings is 1. The summed E-state index contributed by atoms with van der Waals surface area (Å²) in [6.07, 6.45) is 3.30. The molecule has 15 heavy (non-hydrogen) atoms. The molecule has 2 aliphatic rings. The van der Waals surface area contributed by atoms with Gasteiger partial charge < -0.3 is 4.74 Å². The van der Waals surface area contributed by atoms with Crippen LogP contribution in [0.5, 0.6) is 0 Å². The van der Waals surface area contributed by atoms with Crippen molar-refractivity contribution >= 4 is 0 Å². The molecule has 0 N–H and O–H groups in total. The number of fused-ring (bicyclic) bond motifs is 5. The summed E-state index contributed by atoms with van der Waals surface area (Å²) in [6.45, 7) is 8.00. The summed E-state index contributed by atoms with van der Waals surface area (Å²) in [4.78, 5) is 0. The van der Waals surface area contributed by atoms with Gasteiger partial charge in [0.2, 0.25) is 0 Å². The first-order valence-corrected chi connectivity index (χ1v) is 6.19. The van der Waals surface area contributed by atoms with Crippen molar-refractivity contribution in [3.63, 3.8) is 0 Å². The van der Waals surface area contributed by atoms with Gasteiger partial charge in [0.15, 0.2) is 0 Å². The molecule has 0 aromatic heterocycles. The molecule has 0 amide bonds. The molecule has 1 aromatic rings. The van der Waals surface area contributed by atoms with Gasteiger partial charge in [0, 0.05) is 0 Å². The van der Waals surface area contributed by atoms with E-state index in [4.69, 9.17) is 4.74 Å². The van der Waals surface area contributed by atoms with Gasteiger partial charge in [0.05, 0.1) is 12.2 Å². The second-order valence-electron chi connectivity index (χ2n) is 3.32. The first-order chi connectivity index (χ1) is 7.45. The highest BCUT2D eigenvalue weighted by Gasteiger charge is 2.37. The fraction of sp³-hybridized carbons (Fsp3) is 0.571. The van der Waals surface area contributed by atoms with Crippen LogP contribution in [0, 0.1) is 0 Å². The Morgan fingerprint density at radius 3 is 1.67 bits per heavy atom. The van der Waals surface area contributed by atoms with E-state index in [1.54, 1.807) is 0 Å². The van der Waals surface area contributed by atoms with E-state index >= 15 is 0 Å². The van der Waals surface area contributed by atoms with Crippen molar-refractivity contribution in [1.29, 1.82) is 0 Å². The summed E-state index contributed by atoms with van der Waals surface area (Å²) in [6, 6.07) is 8.59. The molecule has 1 heteroatoms. The Kier molecular flexibility index (Phi) is 4.83. The summed E-state index contributed by atoms with van der Waals surface area (Å²) in [5.41, 5.74) is 2.87. The van der Waals surface area contributed by atoms with Crippen LogP contribution in [0.3, 0.4) is 0 Å². The molecular weight excluding hydrogens is 184 g/mol. The zero-order chi connectivity index (χ0) is 11.3. The lowest BCUT2D eigenvalue weighted by molar-refractivity contribution is 0.0716. The molecule has 84 valence electrons. The highest BCUT2D eigenvalue weighted by molar-refractivity contribution is 5.36. The van der Waals surface area contributed by atoms with Gasteiger partial charge in [0.25, 0.3) is 0 Å². The quantitative estimate of drug-likeness (QED) is 0.600. The molecule has 0 radical (unpaired) electrons. The molecule has 2 aliphatic heterocycles. The Balaban J connectivity index is 0.000000255. The van der Waals surface area contributed by atoms with E-state index in [2.05, 4.69) is 24.3 Å². The Labute approximate surface area is 93.5 Å². The summed E-state index contributed by atoms with van der Waals surface area (Å²) in [7, 11) is 0. The molecular formula is C14H22O. The highest BCUT2D eigenvalue weighted by Crippen LogP contribution is 2.49. The van der Waals surface area contributed by atoms with Gasteiger partial charge in [-0.25, -0.2) is 0 Å². The van der Waals surface area contributed by atoms with E-state index in [1.165, 1.54) is 24.0 Å². The smallest absolute Gasteiger partial charge is 0.0838 e. The topological polar surface area (TPSA) is 9.23 Å². The minimum absolute atomic E-state index is 0.427. The summed E-state index contributed by atoms with van der Waals surface area (Å²) >= 11 is 0. The average Bonchev–Trinajstić information content (AvgIpc) is 2.96. The van der Waals surface area contributed by atoms with Gasteiger partial charge in [-0.2, -0.15) is 0 Å². The van der Waals surface area contributed by atoms with Crippen molar-refractivity contribution in [2.45, 2.75) is 52.7 Å². The molecule has 1 saturated heterocycles. The van der Waals surface area contributed by atoms with E-state index in [1.807, 2.05) is 27.7 Å². The maximum Gasteiger partial charge on any atom is 0.0838 e. The summed E-state index contributed by atoms with van der Waals surface area (Å²) in [5.74, 6) is 0. The predicted octanol–water partition coefficient (Wildman–Crippen LogP) is 4.65. The van der Waals surface area contributed by atoms with Crippen LogP contribution in [0.25, 0.3) is 0 Å². The maximum atomic E-state index is 5.74. The monoisotopic (exact) mass is 206 g/mol. The van der Waals surface area contributed by atoms with E-state index in [0.29, 0.717) is 12.2 Å². The third kappa shape index (κ3) is 2.23. The molecule has 1 aromatic carbocycles. The van der Waals surface area contributed by atoms with Gasteiger partial charge in [-0.05, 0) is 24.0 Å². The third-order valence-electron chi connectivity index (χ3n) is 2.71. The van der Waals surface area contributed by atoms with Crippen LogP contribution in [0.1, 0.15) is 63.9 Å². The second kappa shape index (κ2) is 5.92. The fourth-order valence-corrected chi connectivity index (χ4v) is 2.19. The summed E-state index contributed by atoms with van der Waals surface area (Å²) in [5, 5.41) is 0. The van der Waals surface area contributed by atoms with Crippen molar-refractivity contribution in [2.75, 3.05) is 0 Å². The van der Waals surface area contributed by atoms with Crippen molar-refractivity contribution in [3.8, 4) is 0 Å². The predicted molar refractivity (Wildman–Crippen MR) is 64.9 cm³/mol. The van der Waals surface area contributed by atoms with Crippen LogP contribution in [0.4, 0.5) is 0 Å². The van der Waals surface area contributed by atoms with Crippen LogP contribution < -0.4 is 0 Å². The SMILES string of the molecule is CC.CC.c1ccc2c(c1)C1CC[C@@H]2O1. The lowest BCUT2D eigenvalue weighted by atomic mass is 9.92. The molecule has 0 saturated carbocycles. The third-order valence-corrected chi connectivity index (χ3v) is 2.71. The van der Waals surface area contributed by atoms with Crippen LogP contribution in [0.15, 0.2) is 24.3 Å². The standard InChI is InChI=1S/C10H10O.2C2H6/c1-2-4-8-7(3-1)9-5-6-10(8)11-9;2*1-2/h1-4,9-10H,5-6H2;2*1-2H3/t9-,10?;;/m0../s1. The fourth-order valence-electron chi connectivity index (χ4n) is 2.19. The number of ether oxygens (including phenoxy) is 1. The van der Waals surface area contributed by atoms with Gasteiger partial charge in [-0.3, -0.25) is 0 Å². The molecule has 2 heterocycles. The molecule has 2 bridgehead atoms. The Hall–Kier alpha value is -0.820. The number of hydrogen-bond donors (Lipinski definition) is 0. The number of hydrogen-bond acceptors (Lipinski definition) is 1. The Bertz CT molecular complexity index is 264. The number of rotatable bonds is 0. The largest absolute Gasteiger partial charge is 0.366 e. The second-order valence-corrected chi connectivity index (χ2v) is 3.32. The molecule has 0 aliphatic carbocycles.